The van der Waals surface area contributed by atoms with E-state index in [0.29, 0.717) is 71.1 Å². The van der Waals surface area contributed by atoms with Crippen LogP contribution < -0.4 is 21.3 Å². The van der Waals surface area contributed by atoms with Crippen LogP contribution in [0.2, 0.25) is 15.1 Å². The number of rotatable bonds is 21. The number of hydrogen-bond donors (Lipinski definition) is 9. The number of anilines is 4. The third-order valence-corrected chi connectivity index (χ3v) is 32.4. The minimum Gasteiger partial charge on any atom is -0.478 e. The predicted molar refractivity (Wildman–Crippen MR) is 540 cm³/mol. The van der Waals surface area contributed by atoms with E-state index in [2.05, 4.69) is 40.7 Å². The van der Waals surface area contributed by atoms with Crippen LogP contribution in [0.25, 0.3) is 92.0 Å². The number of aromatic carboxylic acids is 5. The number of hydrogen-bond acceptors (Lipinski definition) is 25. The second-order valence-corrected chi connectivity index (χ2v) is 40.9. The number of aromatic nitrogens is 8. The van der Waals surface area contributed by atoms with Gasteiger partial charge in [-0.2, -0.15) is 9.47 Å². The molecular formula is C93H63Cl3F2N12O15S11. The second-order valence-electron chi connectivity index (χ2n) is 29.7. The summed E-state index contributed by atoms with van der Waals surface area (Å²) in [4.78, 5) is 138. The third kappa shape index (κ3) is 20.3. The highest BCUT2D eigenvalue weighted by molar-refractivity contribution is 7.25. The molecule has 5 aromatic carbocycles. The van der Waals surface area contributed by atoms with Gasteiger partial charge in [-0.25, -0.2) is 42.7 Å². The number of thiophene rings is 8. The lowest BCUT2D eigenvalue weighted by Gasteiger charge is -2.07. The highest BCUT2D eigenvalue weighted by atomic mass is 35.5. The standard InChI is InChI=1S/C21H16ClNO3S2.C20H17N3O3S2.C18H11F2N3O3S2.C17H10ClN3O3S2.C17H9ClN2O3S3/c1-11-9-23(2)20-15(11)8-17(28-20)16(24)7-13-10-27-19(18(13)21(25)26)12-3-5-14(22)6-4-12;1-10-4-6-12(7-5-10)17-16(20(25)26)14(9-27-17)21-18(24)15-8-13-11(2)22-23(3)19(13)28-15;1-8-2-3-9(14(20)13(8)19)15-12(17(25)26)11(7-28-15)21-16(24)10-6-23-4-5-27-18(23)22-10;18-10-3-1-9(2-4-10)14-13(16(23)24)12(8-26-14)19-15(22)11-7-21-5-6-25-17(21)20-11;18-9-3-1-8(2-4-9)14-13(17(22)23)11(7-25-14)20-16(21)10-6-24-12-5-19-26-15(10)12/h3-6,8-10H,7H2,1-2H3,(H,25,26);4-9H,1-3H3,(H,21,24)(H,25,26);2-7H,1H3,(H,21,24)(H,25,26);1-8H,(H,19,22)(H,23,24);1-7H,(H,20,21)(H,22,23). The van der Waals surface area contributed by atoms with Crippen molar-refractivity contribution >= 4 is 281 Å². The maximum absolute atomic E-state index is 14.4. The number of carboxylic acids is 5. The molecule has 0 aliphatic heterocycles. The monoisotopic (exact) mass is 2080 g/mol. The fraction of sp³-hybridized carbons (Fsp3) is 0.0753. The van der Waals surface area contributed by atoms with Gasteiger partial charge in [0.1, 0.15) is 43.3 Å². The first-order valence-corrected chi connectivity index (χ1v) is 50.2. The van der Waals surface area contributed by atoms with E-state index < -0.39 is 53.3 Å². The highest BCUT2D eigenvalue weighted by Crippen LogP contribution is 2.45. The highest BCUT2D eigenvalue weighted by Gasteiger charge is 2.31. The van der Waals surface area contributed by atoms with Crippen LogP contribution in [0, 0.1) is 39.3 Å². The number of nitrogens with zero attached hydrogens (tertiary/aromatic N) is 8. The zero-order valence-electron chi connectivity index (χ0n) is 70.6. The summed E-state index contributed by atoms with van der Waals surface area (Å²) >= 11 is 32.0. The van der Waals surface area contributed by atoms with E-state index in [9.17, 15) is 82.3 Å². The van der Waals surface area contributed by atoms with Gasteiger partial charge < -0.3 is 51.4 Å². The average Bonchev–Trinajstić information content (AvgIpc) is 1.63. The van der Waals surface area contributed by atoms with Crippen LogP contribution >= 0.6 is 160 Å². The van der Waals surface area contributed by atoms with Crippen molar-refractivity contribution in [2.75, 3.05) is 21.3 Å². The van der Waals surface area contributed by atoms with Crippen molar-refractivity contribution in [2.45, 2.75) is 34.1 Å². The molecule has 15 aromatic heterocycles. The van der Waals surface area contributed by atoms with Gasteiger partial charge in [-0.3, -0.25) is 37.5 Å². The van der Waals surface area contributed by atoms with Crippen molar-refractivity contribution in [3.05, 3.63) is 311 Å². The molecule has 0 radical (unpaired) electrons. The third-order valence-electron chi connectivity index (χ3n) is 20.6. The molecule has 0 saturated heterocycles. The summed E-state index contributed by atoms with van der Waals surface area (Å²) < 4.78 is 41.3. The maximum Gasteiger partial charge on any atom is 0.339 e. The molecule has 9 N–H and O–H groups in total. The summed E-state index contributed by atoms with van der Waals surface area (Å²) in [6.45, 7) is 7.30. The molecule has 4 amide bonds. The molecule has 136 heavy (non-hydrogen) atoms. The number of halogens is 5. The molecule has 686 valence electrons. The largest absolute Gasteiger partial charge is 0.478 e. The van der Waals surface area contributed by atoms with Gasteiger partial charge >= 0.3 is 29.8 Å². The first-order chi connectivity index (χ1) is 65.1. The first kappa shape index (κ1) is 95.7. The summed E-state index contributed by atoms with van der Waals surface area (Å²) in [5.41, 5.74) is 8.41. The second kappa shape index (κ2) is 40.6. The van der Waals surface area contributed by atoms with Gasteiger partial charge in [-0.1, -0.05) is 113 Å². The molecule has 0 bridgehead atoms. The number of carbonyl (C=O) groups excluding carboxylic acids is 5. The van der Waals surface area contributed by atoms with Gasteiger partial charge in [0.25, 0.3) is 23.6 Å². The molecule has 20 rings (SSSR count). The minimum atomic E-state index is -1.36. The Balaban J connectivity index is 0.000000123. The molecule has 27 nitrogen and oxygen atoms in total. The summed E-state index contributed by atoms with van der Waals surface area (Å²) in [7, 11) is 3.79. The Morgan fingerprint density at radius 2 is 0.860 bits per heavy atom. The van der Waals surface area contributed by atoms with Crippen LogP contribution in [0.1, 0.15) is 130 Å². The Kier molecular flexibility index (Phi) is 28.6. The fourth-order valence-electron chi connectivity index (χ4n) is 14.1. The van der Waals surface area contributed by atoms with Crippen molar-refractivity contribution in [3.63, 3.8) is 0 Å². The van der Waals surface area contributed by atoms with Crippen LogP contribution in [0.3, 0.4) is 0 Å². The molecule has 20 aromatic rings. The molecule has 43 heteroatoms. The van der Waals surface area contributed by atoms with Crippen LogP contribution in [0.5, 0.6) is 0 Å². The number of ketones is 1. The fourth-order valence-corrected chi connectivity index (χ4v) is 24.9. The number of imidazole rings is 2. The smallest absolute Gasteiger partial charge is 0.339 e. The topological polar surface area (TPSA) is 390 Å². The van der Waals surface area contributed by atoms with Crippen molar-refractivity contribution in [2.24, 2.45) is 14.1 Å². The van der Waals surface area contributed by atoms with Crippen molar-refractivity contribution < 1.29 is 82.3 Å². The van der Waals surface area contributed by atoms with Crippen LogP contribution in [-0.2, 0) is 20.5 Å². The van der Waals surface area contributed by atoms with Crippen LogP contribution in [0.15, 0.2) is 202 Å². The van der Waals surface area contributed by atoms with Crippen LogP contribution in [0.4, 0.5) is 31.5 Å². The van der Waals surface area contributed by atoms with E-state index in [1.54, 1.807) is 144 Å². The lowest BCUT2D eigenvalue weighted by Crippen LogP contribution is -2.14. The number of benzene rings is 5. The number of thiazole rings is 2. The van der Waals surface area contributed by atoms with Crippen molar-refractivity contribution in [1.29, 1.82) is 0 Å². The summed E-state index contributed by atoms with van der Waals surface area (Å²) in [5.74, 6) is -9.62. The molecule has 0 unspecified atom stereocenters. The Labute approximate surface area is 826 Å². The molecule has 15 heterocycles. The molecule has 0 aliphatic rings. The Morgan fingerprint density at radius 3 is 1.32 bits per heavy atom. The molecule has 0 spiro atoms. The number of nitrogens with one attached hydrogen (secondary N) is 4. The lowest BCUT2D eigenvalue weighted by molar-refractivity contribution is 0.0686. The normalized spacial score (nSPS) is 11.1. The zero-order valence-corrected chi connectivity index (χ0v) is 81.9. The lowest BCUT2D eigenvalue weighted by atomic mass is 10.0. The Bertz CT molecular complexity index is 7800. The van der Waals surface area contributed by atoms with Crippen LogP contribution in [-0.4, -0.2) is 122 Å². The average molecular weight is 2090 g/mol. The number of carbonyl (C=O) groups is 10. The zero-order chi connectivity index (χ0) is 96.5. The molecule has 0 saturated carbocycles. The summed E-state index contributed by atoms with van der Waals surface area (Å²) in [6.07, 6.45) is 10.5. The number of fused-ring (bicyclic) bond motifs is 5. The predicted octanol–water partition coefficient (Wildman–Crippen LogP) is 26.1. The number of amides is 4. The van der Waals surface area contributed by atoms with Gasteiger partial charge in [-0.15, -0.1) is 113 Å². The van der Waals surface area contributed by atoms with Gasteiger partial charge in [0.15, 0.2) is 27.3 Å². The van der Waals surface area contributed by atoms with E-state index in [1.807, 2.05) is 86.7 Å². The number of Topliss-reactive ketones (excluding diaryl/α,β-unsaturated/α-hetero) is 1. The van der Waals surface area contributed by atoms with Gasteiger partial charge in [-0.05, 0) is 132 Å². The van der Waals surface area contributed by atoms with Gasteiger partial charge in [0.05, 0.1) is 84.4 Å². The van der Waals surface area contributed by atoms with E-state index in [0.717, 1.165) is 80.2 Å². The quantitative estimate of drug-likeness (QED) is 0.0302. The van der Waals surface area contributed by atoms with E-state index in [1.165, 1.54) is 144 Å². The summed E-state index contributed by atoms with van der Waals surface area (Å²) in [5, 5.41) is 80.6. The van der Waals surface area contributed by atoms with E-state index in [4.69, 9.17) is 34.8 Å². The van der Waals surface area contributed by atoms with E-state index >= 15 is 0 Å². The van der Waals surface area contributed by atoms with Gasteiger partial charge in [0.2, 0.25) is 0 Å². The molecule has 0 atom stereocenters. The summed E-state index contributed by atoms with van der Waals surface area (Å²) in [6, 6.07) is 34.9. The molecule has 0 fully saturated rings. The SMILES string of the molecule is Cc1ccc(-c2scc(NC(=O)c3cc4c(C)nn(C)c4s3)c2C(=O)O)cc1.Cc1ccc(-c2scc(NC(=O)c3cn4ccsc4n3)c2C(=O)O)c(F)c1F.Cc1cn(C)c2sc(C(=O)Cc3csc(-c4ccc(Cl)cc4)c3C(=O)O)cc12.O=C(Nc1csc(-c2ccc(Cl)cc2)c1C(=O)O)c1cn2ccsc2n1.O=C(O)c1c(NC(=O)c2csc3cnsc23)csc1-c1ccc(Cl)cc1. The molecular weight excluding hydrogens is 2020 g/mol. The van der Waals surface area contributed by atoms with E-state index in [-0.39, 0.29) is 96.3 Å². The maximum atomic E-state index is 14.4. The Morgan fingerprint density at radius 1 is 0.434 bits per heavy atom. The number of carboxylic acid groups (broad SMARTS) is 5. The molecule has 0 aliphatic carbocycles. The number of aryl methyl sites for hydroxylation is 6. The van der Waals surface area contributed by atoms with Gasteiger partial charge in [0, 0.05) is 125 Å². The first-order valence-electron chi connectivity index (χ1n) is 39.6. The Hall–Kier alpha value is -13.4. The minimum absolute atomic E-state index is 0.00534. The van der Waals surface area contributed by atoms with Crippen molar-refractivity contribution in [1.82, 2.24) is 37.5 Å². The van der Waals surface area contributed by atoms with Crippen molar-refractivity contribution in [3.8, 4) is 52.2 Å².